The Kier molecular flexibility index (Phi) is 5.56. The lowest BCUT2D eigenvalue weighted by molar-refractivity contribution is 0.130. The van der Waals surface area contributed by atoms with Crippen molar-refractivity contribution in [1.82, 2.24) is 4.90 Å². The van der Waals surface area contributed by atoms with Gasteiger partial charge in [-0.25, -0.2) is 0 Å². The van der Waals surface area contributed by atoms with Gasteiger partial charge in [0.1, 0.15) is 6.61 Å². The van der Waals surface area contributed by atoms with Crippen molar-refractivity contribution < 1.29 is 4.84 Å². The van der Waals surface area contributed by atoms with Crippen LogP contribution >= 0.6 is 11.6 Å². The van der Waals surface area contributed by atoms with E-state index >= 15 is 0 Å². The third-order valence-electron chi connectivity index (χ3n) is 6.73. The number of halogens is 1. The number of benzene rings is 1. The lowest BCUT2D eigenvalue weighted by atomic mass is 9.73. The van der Waals surface area contributed by atoms with Crippen LogP contribution in [0.25, 0.3) is 0 Å². The molecule has 3 nitrogen and oxygen atoms in total. The SMILES string of the molecule is CCON=C1CC2(CCN(CC3CCCCC3)CC2)c2cc(Cl)ccc21. The monoisotopic (exact) mass is 374 g/mol. The smallest absolute Gasteiger partial charge is 0.114 e. The summed E-state index contributed by atoms with van der Waals surface area (Å²) < 4.78 is 0. The van der Waals surface area contributed by atoms with Gasteiger partial charge in [0.2, 0.25) is 0 Å². The van der Waals surface area contributed by atoms with Crippen LogP contribution in [0.1, 0.15) is 69.4 Å². The average molecular weight is 375 g/mol. The second-order valence-electron chi connectivity index (χ2n) is 8.41. The van der Waals surface area contributed by atoms with E-state index < -0.39 is 0 Å². The van der Waals surface area contributed by atoms with Crippen molar-refractivity contribution in [3.63, 3.8) is 0 Å². The van der Waals surface area contributed by atoms with Crippen LogP contribution in [0.4, 0.5) is 0 Å². The van der Waals surface area contributed by atoms with E-state index in [1.54, 1.807) is 0 Å². The fourth-order valence-corrected chi connectivity index (χ4v) is 5.46. The van der Waals surface area contributed by atoms with Gasteiger partial charge in [0.25, 0.3) is 0 Å². The minimum absolute atomic E-state index is 0.208. The molecule has 4 rings (SSSR count). The number of rotatable bonds is 4. The molecule has 1 aromatic rings. The van der Waals surface area contributed by atoms with Crippen LogP contribution in [-0.2, 0) is 10.3 Å². The fraction of sp³-hybridized carbons (Fsp3) is 0.682. The van der Waals surface area contributed by atoms with E-state index in [-0.39, 0.29) is 5.41 Å². The van der Waals surface area contributed by atoms with Gasteiger partial charge in [-0.15, -0.1) is 0 Å². The van der Waals surface area contributed by atoms with E-state index in [0.717, 1.165) is 23.1 Å². The van der Waals surface area contributed by atoms with Crippen molar-refractivity contribution in [2.24, 2.45) is 11.1 Å². The van der Waals surface area contributed by atoms with Crippen molar-refractivity contribution in [3.05, 3.63) is 34.3 Å². The van der Waals surface area contributed by atoms with E-state index in [2.05, 4.69) is 22.2 Å². The van der Waals surface area contributed by atoms with Gasteiger partial charge in [0.15, 0.2) is 0 Å². The molecule has 0 N–H and O–H groups in total. The highest BCUT2D eigenvalue weighted by Crippen LogP contribution is 2.47. The summed E-state index contributed by atoms with van der Waals surface area (Å²) in [6.07, 6.45) is 10.6. The van der Waals surface area contributed by atoms with E-state index in [1.165, 1.54) is 75.7 Å². The Hall–Kier alpha value is -1.06. The Morgan fingerprint density at radius 1 is 1.19 bits per heavy atom. The minimum Gasteiger partial charge on any atom is -0.396 e. The summed E-state index contributed by atoms with van der Waals surface area (Å²) in [6, 6.07) is 6.31. The van der Waals surface area contributed by atoms with Gasteiger partial charge in [0.05, 0.1) is 5.71 Å². The van der Waals surface area contributed by atoms with Gasteiger partial charge >= 0.3 is 0 Å². The van der Waals surface area contributed by atoms with E-state index in [9.17, 15) is 0 Å². The quantitative estimate of drug-likeness (QED) is 0.659. The molecule has 1 spiro atoms. The lowest BCUT2D eigenvalue weighted by Crippen LogP contribution is -2.43. The largest absolute Gasteiger partial charge is 0.396 e. The molecule has 0 amide bonds. The van der Waals surface area contributed by atoms with Gasteiger partial charge in [-0.1, -0.05) is 42.1 Å². The second kappa shape index (κ2) is 7.90. The molecule has 142 valence electrons. The topological polar surface area (TPSA) is 24.8 Å². The van der Waals surface area contributed by atoms with Crippen molar-refractivity contribution in [1.29, 1.82) is 0 Å². The molecular weight excluding hydrogens is 344 g/mol. The molecular formula is C22H31ClN2O. The summed E-state index contributed by atoms with van der Waals surface area (Å²) in [5, 5.41) is 5.27. The van der Waals surface area contributed by atoms with Gasteiger partial charge in [-0.3, -0.25) is 0 Å². The summed E-state index contributed by atoms with van der Waals surface area (Å²) in [5.41, 5.74) is 3.97. The standard InChI is InChI=1S/C22H31ClN2O/c1-2-26-24-21-15-22(20-14-18(23)8-9-19(20)21)10-12-25(13-11-22)16-17-6-4-3-5-7-17/h8-9,14,17H,2-7,10-13,15-16H2,1H3. The van der Waals surface area contributed by atoms with Gasteiger partial charge < -0.3 is 9.74 Å². The first kappa shape index (κ1) is 18.3. The van der Waals surface area contributed by atoms with E-state index in [0.29, 0.717) is 6.61 Å². The van der Waals surface area contributed by atoms with Crippen LogP contribution in [0.15, 0.2) is 23.4 Å². The Balaban J connectivity index is 1.48. The Morgan fingerprint density at radius 2 is 1.96 bits per heavy atom. The molecule has 2 fully saturated rings. The zero-order valence-corrected chi connectivity index (χ0v) is 16.7. The van der Waals surface area contributed by atoms with Crippen LogP contribution in [0, 0.1) is 5.92 Å². The normalized spacial score (nSPS) is 24.9. The third-order valence-corrected chi connectivity index (χ3v) is 6.96. The number of hydrogen-bond acceptors (Lipinski definition) is 3. The molecule has 1 heterocycles. The average Bonchev–Trinajstić information content (AvgIpc) is 2.96. The number of likely N-dealkylation sites (tertiary alicyclic amines) is 1. The molecule has 0 atom stereocenters. The highest BCUT2D eigenvalue weighted by atomic mass is 35.5. The molecule has 1 saturated heterocycles. The number of oxime groups is 1. The molecule has 0 bridgehead atoms. The number of nitrogens with zero attached hydrogens (tertiary/aromatic N) is 2. The third kappa shape index (κ3) is 3.66. The van der Waals surface area contributed by atoms with E-state index in [4.69, 9.17) is 16.4 Å². The zero-order valence-electron chi connectivity index (χ0n) is 16.0. The van der Waals surface area contributed by atoms with Crippen molar-refractivity contribution in [3.8, 4) is 0 Å². The number of piperidine rings is 1. The van der Waals surface area contributed by atoms with Crippen LogP contribution in [-0.4, -0.2) is 36.9 Å². The summed E-state index contributed by atoms with van der Waals surface area (Å²) >= 11 is 6.35. The number of fused-ring (bicyclic) bond motifs is 2. The first-order chi connectivity index (χ1) is 12.7. The Bertz CT molecular complexity index is 658. The van der Waals surface area contributed by atoms with Gasteiger partial charge in [0, 0.05) is 29.0 Å². The molecule has 1 saturated carbocycles. The minimum atomic E-state index is 0.208. The highest BCUT2D eigenvalue weighted by molar-refractivity contribution is 6.31. The van der Waals surface area contributed by atoms with Crippen molar-refractivity contribution in [2.75, 3.05) is 26.2 Å². The predicted molar refractivity (Wildman–Crippen MR) is 108 cm³/mol. The molecule has 1 aliphatic heterocycles. The maximum atomic E-state index is 6.35. The molecule has 4 heteroatoms. The second-order valence-corrected chi connectivity index (χ2v) is 8.84. The maximum Gasteiger partial charge on any atom is 0.114 e. The fourth-order valence-electron chi connectivity index (χ4n) is 5.29. The maximum absolute atomic E-state index is 6.35. The number of hydrogen-bond donors (Lipinski definition) is 0. The molecule has 0 radical (unpaired) electrons. The van der Waals surface area contributed by atoms with Crippen LogP contribution in [0.5, 0.6) is 0 Å². The Morgan fingerprint density at radius 3 is 2.69 bits per heavy atom. The highest BCUT2D eigenvalue weighted by Gasteiger charge is 2.44. The molecule has 2 aliphatic carbocycles. The summed E-state index contributed by atoms with van der Waals surface area (Å²) in [7, 11) is 0. The zero-order chi connectivity index (χ0) is 18.0. The molecule has 1 aromatic carbocycles. The van der Waals surface area contributed by atoms with Crippen LogP contribution in [0.3, 0.4) is 0 Å². The first-order valence-electron chi connectivity index (χ1n) is 10.4. The predicted octanol–water partition coefficient (Wildman–Crippen LogP) is 5.40. The first-order valence-corrected chi connectivity index (χ1v) is 10.8. The Labute approximate surface area is 162 Å². The van der Waals surface area contributed by atoms with Crippen molar-refractivity contribution >= 4 is 17.3 Å². The molecule has 3 aliphatic rings. The van der Waals surface area contributed by atoms with Crippen molar-refractivity contribution in [2.45, 2.75) is 63.7 Å². The van der Waals surface area contributed by atoms with E-state index in [1.807, 2.05) is 13.0 Å². The summed E-state index contributed by atoms with van der Waals surface area (Å²) in [4.78, 5) is 8.12. The molecule has 0 aromatic heterocycles. The molecule has 0 unspecified atom stereocenters. The molecule has 26 heavy (non-hydrogen) atoms. The van der Waals surface area contributed by atoms with Gasteiger partial charge in [-0.2, -0.15) is 0 Å². The summed E-state index contributed by atoms with van der Waals surface area (Å²) in [5.74, 6) is 0.929. The van der Waals surface area contributed by atoms with Crippen LogP contribution in [0.2, 0.25) is 5.02 Å². The van der Waals surface area contributed by atoms with Gasteiger partial charge in [-0.05, 0) is 69.3 Å². The summed E-state index contributed by atoms with van der Waals surface area (Å²) in [6.45, 7) is 6.31. The van der Waals surface area contributed by atoms with Crippen LogP contribution < -0.4 is 0 Å². The lowest BCUT2D eigenvalue weighted by Gasteiger charge is -2.41.